The Kier molecular flexibility index (Phi) is 7.30. The maximum atomic E-state index is 13.7. The van der Waals surface area contributed by atoms with Gasteiger partial charge in [0.1, 0.15) is 5.69 Å². The Morgan fingerprint density at radius 2 is 1.67 bits per heavy atom. The molecule has 0 aliphatic heterocycles. The summed E-state index contributed by atoms with van der Waals surface area (Å²) in [6, 6.07) is 16.1. The average molecular weight is 569 g/mol. The predicted octanol–water partition coefficient (Wildman–Crippen LogP) is 5.20. The Hall–Kier alpha value is -4.68. The third-order valence-corrected chi connectivity index (χ3v) is 6.26. The lowest BCUT2D eigenvalue weighted by Gasteiger charge is -2.09. The molecule has 10 nitrogen and oxygen atoms in total. The zero-order valence-corrected chi connectivity index (χ0v) is 21.1. The van der Waals surface area contributed by atoms with Crippen LogP contribution in [0.4, 0.5) is 20.4 Å². The van der Waals surface area contributed by atoms with E-state index in [4.69, 9.17) is 23.2 Å². The predicted molar refractivity (Wildman–Crippen MR) is 140 cm³/mol. The second-order valence-corrected chi connectivity index (χ2v) is 8.99. The number of carbonyl (C=O) groups is 2. The molecule has 0 saturated carbocycles. The SMILES string of the molecule is O=C(Nc1nn[nH]n1)c1ccc(Cn2nc(-c3ccc(Cl)c(Cl)c3)cc2C(=O)Nc2ccc(F)c(F)c2)cc1. The molecule has 14 heteroatoms. The van der Waals surface area contributed by atoms with Gasteiger partial charge in [0.25, 0.3) is 17.8 Å². The first-order valence-corrected chi connectivity index (χ1v) is 12.0. The summed E-state index contributed by atoms with van der Waals surface area (Å²) in [7, 11) is 0. The van der Waals surface area contributed by atoms with Crippen molar-refractivity contribution >= 4 is 46.7 Å². The highest BCUT2D eigenvalue weighted by atomic mass is 35.5. The lowest BCUT2D eigenvalue weighted by Crippen LogP contribution is -2.18. The van der Waals surface area contributed by atoms with Gasteiger partial charge in [-0.05, 0) is 53.2 Å². The molecule has 0 atom stereocenters. The van der Waals surface area contributed by atoms with Crippen LogP contribution in [0.25, 0.3) is 11.3 Å². The molecule has 39 heavy (non-hydrogen) atoms. The molecule has 196 valence electrons. The highest BCUT2D eigenvalue weighted by molar-refractivity contribution is 6.42. The average Bonchev–Trinajstić information content (AvgIpc) is 3.58. The van der Waals surface area contributed by atoms with Crippen LogP contribution >= 0.6 is 23.2 Å². The quantitative estimate of drug-likeness (QED) is 0.247. The first-order valence-electron chi connectivity index (χ1n) is 11.2. The minimum absolute atomic E-state index is 0.0344. The van der Waals surface area contributed by atoms with E-state index in [1.165, 1.54) is 10.7 Å². The van der Waals surface area contributed by atoms with Crippen molar-refractivity contribution in [2.75, 3.05) is 10.6 Å². The fourth-order valence-corrected chi connectivity index (χ4v) is 3.91. The minimum Gasteiger partial charge on any atom is -0.321 e. The summed E-state index contributed by atoms with van der Waals surface area (Å²) in [5, 5.41) is 23.3. The van der Waals surface area contributed by atoms with E-state index in [-0.39, 0.29) is 23.9 Å². The fourth-order valence-electron chi connectivity index (χ4n) is 3.61. The van der Waals surface area contributed by atoms with Gasteiger partial charge in [0.2, 0.25) is 0 Å². The van der Waals surface area contributed by atoms with Crippen molar-refractivity contribution in [3.63, 3.8) is 0 Å². The van der Waals surface area contributed by atoms with Gasteiger partial charge in [0.15, 0.2) is 11.6 Å². The van der Waals surface area contributed by atoms with Crippen LogP contribution in [0.3, 0.4) is 0 Å². The molecule has 5 rings (SSSR count). The lowest BCUT2D eigenvalue weighted by atomic mass is 10.1. The molecule has 3 N–H and O–H groups in total. The summed E-state index contributed by atoms with van der Waals surface area (Å²) in [6.07, 6.45) is 0. The number of aromatic nitrogens is 6. The maximum Gasteiger partial charge on any atom is 0.273 e. The second kappa shape index (κ2) is 11.0. The number of anilines is 2. The van der Waals surface area contributed by atoms with Gasteiger partial charge >= 0.3 is 0 Å². The number of nitrogens with one attached hydrogen (secondary N) is 3. The number of benzene rings is 3. The molecular weight excluding hydrogens is 553 g/mol. The number of carbonyl (C=O) groups excluding carboxylic acids is 2. The van der Waals surface area contributed by atoms with Crippen LogP contribution in [0.15, 0.2) is 66.7 Å². The number of H-pyrrole nitrogens is 1. The standard InChI is InChI=1S/C25H16Cl2F2N8O2/c26-17-7-5-15(9-18(17)27)21-11-22(24(39)30-16-6-8-19(28)20(29)10-16)37(34-21)12-13-1-3-14(4-2-13)23(38)31-25-32-35-36-33-25/h1-11H,12H2,(H,30,39)(H2,31,32,33,35,36,38). The largest absolute Gasteiger partial charge is 0.321 e. The molecule has 0 unspecified atom stereocenters. The maximum absolute atomic E-state index is 13.7. The summed E-state index contributed by atoms with van der Waals surface area (Å²) in [5.74, 6) is -3.13. The van der Waals surface area contributed by atoms with Gasteiger partial charge in [0.05, 0.1) is 22.3 Å². The monoisotopic (exact) mass is 568 g/mol. The molecule has 3 aromatic carbocycles. The van der Waals surface area contributed by atoms with E-state index in [1.54, 1.807) is 48.5 Å². The molecule has 0 spiro atoms. The van der Waals surface area contributed by atoms with Crippen LogP contribution in [0.5, 0.6) is 0 Å². The van der Waals surface area contributed by atoms with Crippen LogP contribution in [-0.2, 0) is 6.54 Å². The van der Waals surface area contributed by atoms with Crippen LogP contribution < -0.4 is 10.6 Å². The molecular formula is C25H16Cl2F2N8O2. The molecule has 0 fully saturated rings. The van der Waals surface area contributed by atoms with E-state index in [0.717, 1.165) is 17.7 Å². The van der Waals surface area contributed by atoms with Crippen molar-refractivity contribution in [2.24, 2.45) is 0 Å². The Bertz CT molecular complexity index is 1670. The van der Waals surface area contributed by atoms with Crippen molar-refractivity contribution in [1.29, 1.82) is 0 Å². The second-order valence-electron chi connectivity index (χ2n) is 8.17. The Balaban J connectivity index is 1.42. The molecule has 0 saturated heterocycles. The molecule has 2 heterocycles. The first-order chi connectivity index (χ1) is 18.8. The van der Waals surface area contributed by atoms with E-state index in [1.807, 2.05) is 0 Å². The number of rotatable bonds is 7. The van der Waals surface area contributed by atoms with Crippen LogP contribution in [0.2, 0.25) is 10.0 Å². The smallest absolute Gasteiger partial charge is 0.273 e. The third kappa shape index (κ3) is 5.92. The zero-order valence-electron chi connectivity index (χ0n) is 19.6. The summed E-state index contributed by atoms with van der Waals surface area (Å²) in [5.41, 5.74) is 2.31. The number of hydrogen-bond acceptors (Lipinski definition) is 6. The highest BCUT2D eigenvalue weighted by Crippen LogP contribution is 2.29. The van der Waals surface area contributed by atoms with Crippen molar-refractivity contribution < 1.29 is 18.4 Å². The summed E-state index contributed by atoms with van der Waals surface area (Å²) in [6.45, 7) is 0.147. The van der Waals surface area contributed by atoms with E-state index in [9.17, 15) is 18.4 Å². The van der Waals surface area contributed by atoms with Gasteiger partial charge < -0.3 is 5.32 Å². The Labute approximate surface area is 228 Å². The first kappa shape index (κ1) is 25.9. The van der Waals surface area contributed by atoms with E-state index < -0.39 is 23.4 Å². The number of amides is 2. The zero-order chi connectivity index (χ0) is 27.5. The molecule has 0 bridgehead atoms. The van der Waals surface area contributed by atoms with Crippen molar-refractivity contribution in [1.82, 2.24) is 30.4 Å². The topological polar surface area (TPSA) is 130 Å². The molecule has 0 aliphatic carbocycles. The normalized spacial score (nSPS) is 10.9. The third-order valence-electron chi connectivity index (χ3n) is 5.52. The number of tetrazole rings is 1. The Morgan fingerprint density at radius 1 is 0.872 bits per heavy atom. The van der Waals surface area contributed by atoms with Gasteiger partial charge in [-0.2, -0.15) is 10.3 Å². The fraction of sp³-hybridized carbons (Fsp3) is 0.0400. The van der Waals surface area contributed by atoms with E-state index >= 15 is 0 Å². The number of aromatic amines is 1. The lowest BCUT2D eigenvalue weighted by molar-refractivity contribution is 0.101. The molecule has 2 amide bonds. The van der Waals surface area contributed by atoms with Crippen LogP contribution in [-0.4, -0.2) is 42.2 Å². The summed E-state index contributed by atoms with van der Waals surface area (Å²) < 4.78 is 28.5. The molecule has 5 aromatic rings. The van der Waals surface area contributed by atoms with Crippen molar-refractivity contribution in [2.45, 2.75) is 6.54 Å². The summed E-state index contributed by atoms with van der Waals surface area (Å²) in [4.78, 5) is 25.6. The molecule has 0 radical (unpaired) electrons. The van der Waals surface area contributed by atoms with Crippen LogP contribution in [0.1, 0.15) is 26.4 Å². The van der Waals surface area contributed by atoms with Crippen molar-refractivity contribution in [3.8, 4) is 11.3 Å². The van der Waals surface area contributed by atoms with Gasteiger partial charge in [-0.1, -0.05) is 46.5 Å². The van der Waals surface area contributed by atoms with Gasteiger partial charge in [0, 0.05) is 22.9 Å². The summed E-state index contributed by atoms with van der Waals surface area (Å²) >= 11 is 12.2. The number of halogens is 4. The highest BCUT2D eigenvalue weighted by Gasteiger charge is 2.19. The van der Waals surface area contributed by atoms with E-state index in [2.05, 4.69) is 36.4 Å². The van der Waals surface area contributed by atoms with E-state index in [0.29, 0.717) is 26.9 Å². The van der Waals surface area contributed by atoms with Gasteiger partial charge in [-0.3, -0.25) is 19.6 Å². The number of hydrogen-bond donors (Lipinski definition) is 3. The van der Waals surface area contributed by atoms with Crippen molar-refractivity contribution in [3.05, 3.63) is 105 Å². The number of nitrogens with zero attached hydrogens (tertiary/aromatic N) is 5. The molecule has 2 aromatic heterocycles. The minimum atomic E-state index is -1.10. The molecule has 0 aliphatic rings. The van der Waals surface area contributed by atoms with Gasteiger partial charge in [-0.15, -0.1) is 5.10 Å². The Morgan fingerprint density at radius 3 is 2.36 bits per heavy atom. The van der Waals surface area contributed by atoms with Gasteiger partial charge in [-0.25, -0.2) is 8.78 Å². The van der Waals surface area contributed by atoms with Crippen LogP contribution in [0, 0.1) is 11.6 Å².